The van der Waals surface area contributed by atoms with Crippen molar-refractivity contribution in [1.29, 1.82) is 5.26 Å². The van der Waals surface area contributed by atoms with E-state index in [1.807, 2.05) is 31.2 Å². The van der Waals surface area contributed by atoms with E-state index < -0.39 is 0 Å². The smallest absolute Gasteiger partial charge is 0.0995 e. The van der Waals surface area contributed by atoms with Crippen LogP contribution < -0.4 is 0 Å². The van der Waals surface area contributed by atoms with Gasteiger partial charge >= 0.3 is 0 Å². The van der Waals surface area contributed by atoms with Gasteiger partial charge in [-0.3, -0.25) is 9.80 Å². The molecule has 2 rings (SSSR count). The Kier molecular flexibility index (Phi) is 4.92. The Morgan fingerprint density at radius 1 is 1.21 bits per heavy atom. The summed E-state index contributed by atoms with van der Waals surface area (Å²) in [5.74, 6) is 0. The van der Waals surface area contributed by atoms with E-state index in [1.165, 1.54) is 0 Å². The summed E-state index contributed by atoms with van der Waals surface area (Å²) < 4.78 is 0. The summed E-state index contributed by atoms with van der Waals surface area (Å²) >= 11 is 0. The van der Waals surface area contributed by atoms with E-state index in [9.17, 15) is 5.11 Å². The molecule has 102 valence electrons. The third kappa shape index (κ3) is 4.03. The van der Waals surface area contributed by atoms with Crippen LogP contribution in [0.2, 0.25) is 0 Å². The number of benzene rings is 1. The summed E-state index contributed by atoms with van der Waals surface area (Å²) in [5, 5.41) is 18.5. The maximum atomic E-state index is 9.38. The third-order valence-electron chi connectivity index (χ3n) is 3.52. The highest BCUT2D eigenvalue weighted by molar-refractivity contribution is 5.37. The van der Waals surface area contributed by atoms with Gasteiger partial charge in [0.25, 0.3) is 0 Å². The molecule has 0 spiro atoms. The van der Waals surface area contributed by atoms with Gasteiger partial charge in [0.1, 0.15) is 0 Å². The topological polar surface area (TPSA) is 50.5 Å². The lowest BCUT2D eigenvalue weighted by Gasteiger charge is -2.35. The third-order valence-corrected chi connectivity index (χ3v) is 3.52. The first-order chi connectivity index (χ1) is 9.19. The predicted octanol–water partition coefficient (Wildman–Crippen LogP) is 1.06. The fourth-order valence-electron chi connectivity index (χ4n) is 2.51. The molecule has 0 aromatic heterocycles. The van der Waals surface area contributed by atoms with Crippen LogP contribution in [0.3, 0.4) is 0 Å². The number of hydrogen-bond acceptors (Lipinski definition) is 4. The first-order valence-electron chi connectivity index (χ1n) is 6.80. The Morgan fingerprint density at radius 2 is 1.84 bits per heavy atom. The Hall–Kier alpha value is -1.41. The highest BCUT2D eigenvalue weighted by Crippen LogP contribution is 2.12. The second-order valence-electron chi connectivity index (χ2n) is 5.19. The lowest BCUT2D eigenvalue weighted by molar-refractivity contribution is 0.0780. The Balaban J connectivity index is 1.87. The van der Waals surface area contributed by atoms with Crippen molar-refractivity contribution in [2.45, 2.75) is 19.6 Å². The molecule has 4 nitrogen and oxygen atoms in total. The molecule has 0 aliphatic carbocycles. The fourth-order valence-corrected chi connectivity index (χ4v) is 2.51. The number of aliphatic hydroxyl groups excluding tert-OH is 1. The van der Waals surface area contributed by atoms with E-state index in [4.69, 9.17) is 5.26 Å². The minimum atomic E-state index is -0.258. The van der Waals surface area contributed by atoms with Crippen molar-refractivity contribution in [2.75, 3.05) is 32.7 Å². The van der Waals surface area contributed by atoms with Gasteiger partial charge in [0.15, 0.2) is 0 Å². The highest BCUT2D eigenvalue weighted by atomic mass is 16.3. The van der Waals surface area contributed by atoms with Crippen molar-refractivity contribution in [3.63, 3.8) is 0 Å². The molecule has 1 aliphatic heterocycles. The van der Waals surface area contributed by atoms with Gasteiger partial charge in [-0.25, -0.2) is 0 Å². The molecule has 0 bridgehead atoms. The van der Waals surface area contributed by atoms with Crippen LogP contribution in [0.5, 0.6) is 0 Å². The number of nitriles is 1. The molecule has 1 aromatic rings. The second-order valence-corrected chi connectivity index (χ2v) is 5.19. The number of aliphatic hydroxyl groups is 1. The van der Waals surface area contributed by atoms with Crippen LogP contribution in [0.25, 0.3) is 0 Å². The van der Waals surface area contributed by atoms with E-state index in [1.54, 1.807) is 0 Å². The predicted molar refractivity (Wildman–Crippen MR) is 74.6 cm³/mol. The molecule has 19 heavy (non-hydrogen) atoms. The molecule has 1 N–H and O–H groups in total. The average Bonchev–Trinajstić information content (AvgIpc) is 2.41. The van der Waals surface area contributed by atoms with Gasteiger partial charge < -0.3 is 5.11 Å². The largest absolute Gasteiger partial charge is 0.392 e. The molecular formula is C15H21N3O. The van der Waals surface area contributed by atoms with E-state index in [-0.39, 0.29) is 6.10 Å². The fraction of sp³-hybridized carbons (Fsp3) is 0.533. The maximum absolute atomic E-state index is 9.38. The van der Waals surface area contributed by atoms with Gasteiger partial charge in [-0.05, 0) is 18.6 Å². The number of piperazine rings is 1. The quantitative estimate of drug-likeness (QED) is 0.878. The lowest BCUT2D eigenvalue weighted by Crippen LogP contribution is -2.47. The zero-order valence-corrected chi connectivity index (χ0v) is 11.4. The first kappa shape index (κ1) is 14.0. The molecule has 4 heteroatoms. The van der Waals surface area contributed by atoms with Gasteiger partial charge in [0.05, 0.1) is 17.7 Å². The zero-order chi connectivity index (χ0) is 13.7. The van der Waals surface area contributed by atoms with Crippen LogP contribution in [0.1, 0.15) is 18.1 Å². The molecule has 1 unspecified atom stereocenters. The minimum absolute atomic E-state index is 0.258. The molecule has 0 saturated carbocycles. The van der Waals surface area contributed by atoms with Gasteiger partial charge in [-0.2, -0.15) is 5.26 Å². The summed E-state index contributed by atoms with van der Waals surface area (Å²) in [6.07, 6.45) is -0.258. The van der Waals surface area contributed by atoms with Gasteiger partial charge in [-0.15, -0.1) is 0 Å². The summed E-state index contributed by atoms with van der Waals surface area (Å²) in [5.41, 5.74) is 1.88. The molecule has 1 saturated heterocycles. The molecule has 1 fully saturated rings. The van der Waals surface area contributed by atoms with Crippen molar-refractivity contribution in [3.05, 3.63) is 35.4 Å². The van der Waals surface area contributed by atoms with Crippen LogP contribution in [-0.2, 0) is 6.54 Å². The summed E-state index contributed by atoms with van der Waals surface area (Å²) in [6, 6.07) is 10.0. The van der Waals surface area contributed by atoms with E-state index in [0.29, 0.717) is 0 Å². The van der Waals surface area contributed by atoms with Crippen LogP contribution in [-0.4, -0.2) is 53.7 Å². The van der Waals surface area contributed by atoms with Crippen molar-refractivity contribution < 1.29 is 5.11 Å². The van der Waals surface area contributed by atoms with Crippen LogP contribution >= 0.6 is 0 Å². The van der Waals surface area contributed by atoms with Gasteiger partial charge in [-0.1, -0.05) is 18.2 Å². The van der Waals surface area contributed by atoms with E-state index >= 15 is 0 Å². The number of hydrogen-bond donors (Lipinski definition) is 1. The Labute approximate surface area is 114 Å². The molecule has 1 heterocycles. The zero-order valence-electron chi connectivity index (χ0n) is 11.4. The maximum Gasteiger partial charge on any atom is 0.0995 e. The van der Waals surface area contributed by atoms with Crippen LogP contribution in [0.15, 0.2) is 24.3 Å². The Morgan fingerprint density at radius 3 is 2.47 bits per heavy atom. The molecule has 0 radical (unpaired) electrons. The van der Waals surface area contributed by atoms with E-state index in [0.717, 1.165) is 50.4 Å². The summed E-state index contributed by atoms with van der Waals surface area (Å²) in [6.45, 7) is 7.38. The van der Waals surface area contributed by atoms with Gasteiger partial charge in [0.2, 0.25) is 0 Å². The van der Waals surface area contributed by atoms with Crippen molar-refractivity contribution >= 4 is 0 Å². The summed E-state index contributed by atoms with van der Waals surface area (Å²) in [7, 11) is 0. The second kappa shape index (κ2) is 6.67. The first-order valence-corrected chi connectivity index (χ1v) is 6.80. The van der Waals surface area contributed by atoms with Crippen molar-refractivity contribution in [2.24, 2.45) is 0 Å². The SMILES string of the molecule is CC(O)CN1CCN(Cc2ccccc2C#N)CC1. The number of β-amino-alcohol motifs (C(OH)–C–C–N with tert-alkyl or cyclic N) is 1. The average molecular weight is 259 g/mol. The Bertz CT molecular complexity index is 445. The van der Waals surface area contributed by atoms with Crippen LogP contribution in [0, 0.1) is 11.3 Å². The monoisotopic (exact) mass is 259 g/mol. The molecule has 1 aliphatic rings. The van der Waals surface area contributed by atoms with Crippen molar-refractivity contribution in [1.82, 2.24) is 9.80 Å². The standard InChI is InChI=1S/C15H21N3O/c1-13(19)11-17-6-8-18(9-7-17)12-15-5-3-2-4-14(15)10-16/h2-5,13,19H,6-9,11-12H2,1H3. The summed E-state index contributed by atoms with van der Waals surface area (Å²) in [4.78, 5) is 4.66. The highest BCUT2D eigenvalue weighted by Gasteiger charge is 2.18. The number of rotatable bonds is 4. The van der Waals surface area contributed by atoms with Crippen LogP contribution in [0.4, 0.5) is 0 Å². The van der Waals surface area contributed by atoms with Crippen molar-refractivity contribution in [3.8, 4) is 6.07 Å². The molecule has 0 amide bonds. The van der Waals surface area contributed by atoms with Gasteiger partial charge in [0, 0.05) is 39.3 Å². The number of nitrogens with zero attached hydrogens (tertiary/aromatic N) is 3. The molecule has 1 aromatic carbocycles. The molecular weight excluding hydrogens is 238 g/mol. The molecule has 1 atom stereocenters. The normalized spacial score (nSPS) is 19.0. The minimum Gasteiger partial charge on any atom is -0.392 e. The lowest BCUT2D eigenvalue weighted by atomic mass is 10.1. The van der Waals surface area contributed by atoms with E-state index in [2.05, 4.69) is 15.9 Å².